The fourth-order valence-electron chi connectivity index (χ4n) is 7.03. The summed E-state index contributed by atoms with van der Waals surface area (Å²) in [6.07, 6.45) is 3.61. The topological polar surface area (TPSA) is 81.2 Å². The zero-order valence-electron chi connectivity index (χ0n) is 34.5. The molecule has 0 fully saturated rings. The Kier molecular flexibility index (Phi) is 17.4. The van der Waals surface area contributed by atoms with Gasteiger partial charge in [-0.2, -0.15) is 0 Å². The number of hydrogen-bond acceptors (Lipinski definition) is 12. The lowest BCUT2D eigenvalue weighted by Gasteiger charge is -2.28. The van der Waals surface area contributed by atoms with Crippen LogP contribution in [-0.4, -0.2) is 67.2 Å². The molecule has 0 saturated carbocycles. The Morgan fingerprint density at radius 2 is 0.845 bits per heavy atom. The summed E-state index contributed by atoms with van der Waals surface area (Å²) in [4.78, 5) is 12.6. The number of nitrogens with zero attached hydrogens (tertiary/aromatic N) is 2. The Morgan fingerprint density at radius 1 is 0.483 bits per heavy atom. The second kappa shape index (κ2) is 22.4. The summed E-state index contributed by atoms with van der Waals surface area (Å²) >= 11 is 3.49. The summed E-state index contributed by atoms with van der Waals surface area (Å²) < 4.78 is 39.3. The summed E-state index contributed by atoms with van der Waals surface area (Å²) in [5, 5.41) is 2.06. The average molecular weight is 893 g/mol. The summed E-state index contributed by atoms with van der Waals surface area (Å²) in [6, 6.07) is 32.1. The lowest BCUT2D eigenvalue weighted by atomic mass is 10.1. The maximum Gasteiger partial charge on any atom is 0.500 e. The van der Waals surface area contributed by atoms with Crippen molar-refractivity contribution in [3.8, 4) is 21.1 Å². The molecule has 8 nitrogen and oxygen atoms in total. The third-order valence-corrected chi connectivity index (χ3v) is 20.4. The second-order valence-electron chi connectivity index (χ2n) is 13.5. The van der Waals surface area contributed by atoms with Gasteiger partial charge in [-0.15, -0.1) is 22.7 Å². The van der Waals surface area contributed by atoms with Gasteiger partial charge in [0.1, 0.15) is 10.0 Å². The first-order chi connectivity index (χ1) is 28.4. The molecule has 0 spiro atoms. The van der Waals surface area contributed by atoms with Crippen LogP contribution in [0.4, 0.5) is 0 Å². The van der Waals surface area contributed by atoms with E-state index in [-0.39, 0.29) is 0 Å². The smallest absolute Gasteiger partial charge is 0.374 e. The predicted octanol–water partition coefficient (Wildman–Crippen LogP) is 13.0. The minimum absolute atomic E-state index is 0.584. The van der Waals surface area contributed by atoms with Crippen LogP contribution < -0.4 is 0 Å². The van der Waals surface area contributed by atoms with Gasteiger partial charge in [0, 0.05) is 72.6 Å². The molecule has 0 N–H and O–H groups in total. The minimum Gasteiger partial charge on any atom is -0.374 e. The number of aryl methyl sites for hydroxylation is 2. The van der Waals surface area contributed by atoms with Crippen LogP contribution in [0, 0.1) is 0 Å². The summed E-state index contributed by atoms with van der Waals surface area (Å²) in [7, 11) is -1.88. The van der Waals surface area contributed by atoms with Crippen LogP contribution in [0.2, 0.25) is 12.1 Å². The first-order valence-corrected chi connectivity index (χ1v) is 28.2. The molecular weight excluding hydrogens is 837 g/mol. The molecule has 310 valence electrons. The Bertz CT molecular complexity index is 1950. The molecule has 6 rings (SSSR count). The van der Waals surface area contributed by atoms with E-state index in [1.165, 1.54) is 30.3 Å². The molecule has 0 saturated heterocycles. The molecule has 0 bridgehead atoms. The van der Waals surface area contributed by atoms with Gasteiger partial charge in [0.05, 0.1) is 20.4 Å². The van der Waals surface area contributed by atoms with Gasteiger partial charge in [-0.05, 0) is 127 Å². The monoisotopic (exact) mass is 892 g/mol. The van der Waals surface area contributed by atoms with Crippen molar-refractivity contribution in [2.45, 2.75) is 89.1 Å². The van der Waals surface area contributed by atoms with E-state index < -0.39 is 17.6 Å². The Morgan fingerprint density at radius 3 is 1.19 bits per heavy atom. The molecule has 2 aromatic heterocycles. The minimum atomic E-state index is -2.72. The zero-order chi connectivity index (χ0) is 40.8. The summed E-state index contributed by atoms with van der Waals surface area (Å²) in [6.45, 7) is 15.6. The normalized spacial score (nSPS) is 12.3. The average Bonchev–Trinajstić information content (AvgIpc) is 3.86. The highest BCUT2D eigenvalue weighted by atomic mass is 33.1. The van der Waals surface area contributed by atoms with Crippen molar-refractivity contribution in [2.24, 2.45) is 0 Å². The van der Waals surface area contributed by atoms with Crippen molar-refractivity contribution < 1.29 is 26.6 Å². The van der Waals surface area contributed by atoms with E-state index in [1.54, 1.807) is 44.3 Å². The lowest BCUT2D eigenvalue weighted by molar-refractivity contribution is 0.0700. The molecule has 0 atom stereocenters. The maximum atomic E-state index is 6.16. The lowest BCUT2D eigenvalue weighted by Crippen LogP contribution is -2.46. The highest BCUT2D eigenvalue weighted by Crippen LogP contribution is 2.48. The van der Waals surface area contributed by atoms with Gasteiger partial charge in [0.2, 0.25) is 0 Å². The first kappa shape index (κ1) is 45.1. The molecule has 58 heavy (non-hydrogen) atoms. The third kappa shape index (κ3) is 11.7. The van der Waals surface area contributed by atoms with E-state index in [2.05, 4.69) is 84.9 Å². The van der Waals surface area contributed by atoms with Crippen molar-refractivity contribution in [3.63, 3.8) is 0 Å². The molecule has 0 aliphatic rings. The van der Waals surface area contributed by atoms with Gasteiger partial charge in [-0.1, -0.05) is 58.0 Å². The van der Waals surface area contributed by atoms with Gasteiger partial charge in [-0.25, -0.2) is 9.97 Å². The Labute approximate surface area is 362 Å². The molecule has 0 aliphatic carbocycles. The Balaban J connectivity index is 1.27. The number of aromatic nitrogens is 2. The first-order valence-electron chi connectivity index (χ1n) is 20.5. The highest BCUT2D eigenvalue weighted by molar-refractivity contribution is 8.76. The zero-order valence-corrected chi connectivity index (χ0v) is 39.8. The van der Waals surface area contributed by atoms with E-state index in [4.69, 9.17) is 36.5 Å². The maximum absolute atomic E-state index is 6.16. The third-order valence-electron chi connectivity index (χ3n) is 9.44. The number of rotatable bonds is 25. The van der Waals surface area contributed by atoms with Crippen molar-refractivity contribution in [2.75, 3.05) is 39.6 Å². The van der Waals surface area contributed by atoms with E-state index in [1.807, 2.05) is 41.5 Å². The molecular formula is C44H56N2O6S4Si2. The van der Waals surface area contributed by atoms with Crippen LogP contribution in [0.3, 0.4) is 0 Å². The van der Waals surface area contributed by atoms with Gasteiger partial charge >= 0.3 is 17.6 Å². The molecule has 2 heterocycles. The standard InChI is InChI=1S/C44H56N2O6S4Si2/c1-7-47-57(48-8-2,49-9-3)29-17-19-33-25-27-39(35(31-33)43-45-37-21-13-15-23-41(37)53-43)55-56-40-28-26-34(20-18-30-58(50-10-4,51-11-5)52-12-6)32-36(40)44-46-38-22-14-16-24-42(38)54-44/h13-16,21-28,31-32H,7-12,17-20,29-30H2,1-6H3. The van der Waals surface area contributed by atoms with E-state index in [0.717, 1.165) is 69.9 Å². The number of para-hydroxylation sites is 2. The number of fused-ring (bicyclic) bond motifs is 2. The van der Waals surface area contributed by atoms with Crippen LogP contribution in [0.5, 0.6) is 0 Å². The SMILES string of the molecule is CCO[Si](CCCc1ccc(SSc2ccc(CCC[Si](OCC)(OCC)OCC)cc2-c2nc3ccccc3s2)c(-c2nc3ccccc3s2)c1)(OCC)OCC. The van der Waals surface area contributed by atoms with E-state index in [9.17, 15) is 0 Å². The largest absolute Gasteiger partial charge is 0.500 e. The van der Waals surface area contributed by atoms with Crippen LogP contribution in [0.25, 0.3) is 41.6 Å². The Hall–Kier alpha value is -2.45. The number of benzene rings is 4. The summed E-state index contributed by atoms with van der Waals surface area (Å²) in [5.74, 6) is 0. The van der Waals surface area contributed by atoms with Crippen LogP contribution >= 0.6 is 44.3 Å². The van der Waals surface area contributed by atoms with Crippen molar-refractivity contribution in [3.05, 3.63) is 96.1 Å². The molecule has 6 aromatic rings. The molecule has 0 radical (unpaired) electrons. The quantitative estimate of drug-likeness (QED) is 0.0409. The summed E-state index contributed by atoms with van der Waals surface area (Å²) in [5.41, 5.74) is 6.89. The van der Waals surface area contributed by atoms with E-state index in [0.29, 0.717) is 39.6 Å². The van der Waals surface area contributed by atoms with E-state index >= 15 is 0 Å². The molecule has 0 aliphatic heterocycles. The molecule has 14 heteroatoms. The number of thiazole rings is 2. The van der Waals surface area contributed by atoms with Crippen molar-refractivity contribution in [1.29, 1.82) is 0 Å². The van der Waals surface area contributed by atoms with Crippen molar-refractivity contribution >= 4 is 82.3 Å². The fourth-order valence-corrected chi connectivity index (χ4v) is 16.7. The molecule has 0 unspecified atom stereocenters. The van der Waals surface area contributed by atoms with Gasteiger partial charge < -0.3 is 26.6 Å². The van der Waals surface area contributed by atoms with Crippen LogP contribution in [-0.2, 0) is 39.4 Å². The number of hydrogen-bond donors (Lipinski definition) is 0. The van der Waals surface area contributed by atoms with Crippen molar-refractivity contribution in [1.82, 2.24) is 9.97 Å². The molecule has 0 amide bonds. The van der Waals surface area contributed by atoms with Gasteiger partial charge in [-0.3, -0.25) is 0 Å². The van der Waals surface area contributed by atoms with Crippen LogP contribution in [0.1, 0.15) is 65.5 Å². The van der Waals surface area contributed by atoms with Gasteiger partial charge in [0.25, 0.3) is 0 Å². The molecule has 4 aromatic carbocycles. The second-order valence-corrected chi connectivity index (χ2v) is 23.2. The highest BCUT2D eigenvalue weighted by Gasteiger charge is 2.40. The van der Waals surface area contributed by atoms with Crippen LogP contribution in [0.15, 0.2) is 94.7 Å². The fraction of sp³-hybridized carbons (Fsp3) is 0.409. The van der Waals surface area contributed by atoms with Gasteiger partial charge in [0.15, 0.2) is 0 Å². The predicted molar refractivity (Wildman–Crippen MR) is 249 cm³/mol.